The summed E-state index contributed by atoms with van der Waals surface area (Å²) in [6.07, 6.45) is 0.186. The monoisotopic (exact) mass is 293 g/mol. The molecule has 0 heterocycles. The van der Waals surface area contributed by atoms with Crippen LogP contribution in [-0.4, -0.2) is 5.91 Å². The Bertz CT molecular complexity index is 813. The molecule has 0 spiro atoms. The molecule has 0 saturated carbocycles. The SMILES string of the molecule is O=C(Cc1cccc(F)c1)NCc1ccc2ccccc2c1. The van der Waals surface area contributed by atoms with Gasteiger partial charge in [0, 0.05) is 6.54 Å². The number of fused-ring (bicyclic) bond motifs is 1. The molecule has 0 aliphatic heterocycles. The van der Waals surface area contributed by atoms with Crippen molar-refractivity contribution >= 4 is 16.7 Å². The van der Waals surface area contributed by atoms with Gasteiger partial charge in [0.05, 0.1) is 6.42 Å². The van der Waals surface area contributed by atoms with E-state index in [4.69, 9.17) is 0 Å². The van der Waals surface area contributed by atoms with Gasteiger partial charge in [-0.05, 0) is 40.1 Å². The Balaban J connectivity index is 1.62. The van der Waals surface area contributed by atoms with Gasteiger partial charge in [0.2, 0.25) is 5.91 Å². The molecule has 3 rings (SSSR count). The molecule has 0 aromatic heterocycles. The average molecular weight is 293 g/mol. The molecule has 0 saturated heterocycles. The molecule has 0 atom stereocenters. The van der Waals surface area contributed by atoms with Crippen LogP contribution in [0.25, 0.3) is 10.8 Å². The highest BCUT2D eigenvalue weighted by Gasteiger charge is 2.04. The number of carbonyl (C=O) groups is 1. The quantitative estimate of drug-likeness (QED) is 0.778. The molecule has 1 amide bonds. The fraction of sp³-hybridized carbons (Fsp3) is 0.105. The number of hydrogen-bond donors (Lipinski definition) is 1. The third kappa shape index (κ3) is 3.50. The molecule has 110 valence electrons. The predicted molar refractivity (Wildman–Crippen MR) is 85.9 cm³/mol. The first-order valence-corrected chi connectivity index (χ1v) is 7.19. The molecule has 0 unspecified atom stereocenters. The fourth-order valence-electron chi connectivity index (χ4n) is 2.44. The van der Waals surface area contributed by atoms with E-state index in [1.165, 1.54) is 17.5 Å². The van der Waals surface area contributed by atoms with E-state index < -0.39 is 0 Å². The van der Waals surface area contributed by atoms with Gasteiger partial charge >= 0.3 is 0 Å². The minimum atomic E-state index is -0.320. The van der Waals surface area contributed by atoms with E-state index in [2.05, 4.69) is 17.4 Å². The molecule has 0 bridgehead atoms. The summed E-state index contributed by atoms with van der Waals surface area (Å²) in [6.45, 7) is 0.471. The molecule has 3 aromatic rings. The van der Waals surface area contributed by atoms with E-state index >= 15 is 0 Å². The Morgan fingerprint density at radius 1 is 0.864 bits per heavy atom. The van der Waals surface area contributed by atoms with Crippen LogP contribution in [0.4, 0.5) is 4.39 Å². The van der Waals surface area contributed by atoms with Crippen LogP contribution in [0.3, 0.4) is 0 Å². The average Bonchev–Trinajstić information content (AvgIpc) is 2.53. The molecule has 0 fully saturated rings. The molecule has 2 nitrogen and oxygen atoms in total. The van der Waals surface area contributed by atoms with Crippen molar-refractivity contribution in [2.24, 2.45) is 0 Å². The van der Waals surface area contributed by atoms with Crippen LogP contribution >= 0.6 is 0 Å². The maximum absolute atomic E-state index is 13.1. The summed E-state index contributed by atoms with van der Waals surface area (Å²) in [5, 5.41) is 5.20. The summed E-state index contributed by atoms with van der Waals surface area (Å²) < 4.78 is 13.1. The van der Waals surface area contributed by atoms with Gasteiger partial charge < -0.3 is 5.32 Å². The van der Waals surface area contributed by atoms with Gasteiger partial charge in [-0.25, -0.2) is 4.39 Å². The molecule has 3 aromatic carbocycles. The number of halogens is 1. The Morgan fingerprint density at radius 3 is 2.50 bits per heavy atom. The first-order valence-electron chi connectivity index (χ1n) is 7.19. The summed E-state index contributed by atoms with van der Waals surface area (Å²) >= 11 is 0. The normalized spacial score (nSPS) is 10.6. The lowest BCUT2D eigenvalue weighted by Gasteiger charge is -2.07. The fourth-order valence-corrected chi connectivity index (χ4v) is 2.44. The lowest BCUT2D eigenvalue weighted by Crippen LogP contribution is -2.24. The van der Waals surface area contributed by atoms with Crippen molar-refractivity contribution in [3.8, 4) is 0 Å². The van der Waals surface area contributed by atoms with E-state index in [9.17, 15) is 9.18 Å². The number of carbonyl (C=O) groups excluding carboxylic acids is 1. The van der Waals surface area contributed by atoms with Gasteiger partial charge in [0.15, 0.2) is 0 Å². The lowest BCUT2D eigenvalue weighted by atomic mass is 10.1. The second kappa shape index (κ2) is 6.39. The highest BCUT2D eigenvalue weighted by atomic mass is 19.1. The van der Waals surface area contributed by atoms with Crippen molar-refractivity contribution in [3.05, 3.63) is 83.7 Å². The van der Waals surface area contributed by atoms with Crippen molar-refractivity contribution in [1.29, 1.82) is 0 Å². The molecule has 0 aliphatic rings. The molecule has 22 heavy (non-hydrogen) atoms. The van der Waals surface area contributed by atoms with E-state index in [0.717, 1.165) is 10.9 Å². The number of amides is 1. The Labute approximate surface area is 128 Å². The lowest BCUT2D eigenvalue weighted by molar-refractivity contribution is -0.120. The van der Waals surface area contributed by atoms with Crippen LogP contribution in [0.5, 0.6) is 0 Å². The molecular weight excluding hydrogens is 277 g/mol. The van der Waals surface area contributed by atoms with Crippen molar-refractivity contribution in [2.75, 3.05) is 0 Å². The van der Waals surface area contributed by atoms with Gasteiger partial charge in [-0.1, -0.05) is 48.5 Å². The largest absolute Gasteiger partial charge is 0.352 e. The van der Waals surface area contributed by atoms with Crippen LogP contribution in [0.1, 0.15) is 11.1 Å². The first kappa shape index (κ1) is 14.3. The third-order valence-corrected chi connectivity index (χ3v) is 3.56. The molecule has 1 N–H and O–H groups in total. The number of nitrogens with one attached hydrogen (secondary N) is 1. The summed E-state index contributed by atoms with van der Waals surface area (Å²) in [4.78, 5) is 11.9. The molecular formula is C19H16FNO. The van der Waals surface area contributed by atoms with Gasteiger partial charge in [-0.3, -0.25) is 4.79 Å². The third-order valence-electron chi connectivity index (χ3n) is 3.56. The van der Waals surface area contributed by atoms with Crippen molar-refractivity contribution in [2.45, 2.75) is 13.0 Å². The molecule has 0 radical (unpaired) electrons. The zero-order chi connectivity index (χ0) is 15.4. The second-order valence-corrected chi connectivity index (χ2v) is 5.26. The van der Waals surface area contributed by atoms with Gasteiger partial charge in [-0.15, -0.1) is 0 Å². The summed E-state index contributed by atoms with van der Waals surface area (Å²) in [5.41, 5.74) is 1.72. The zero-order valence-electron chi connectivity index (χ0n) is 12.1. The van der Waals surface area contributed by atoms with Gasteiger partial charge in [0.1, 0.15) is 5.82 Å². The van der Waals surface area contributed by atoms with Crippen LogP contribution in [-0.2, 0) is 17.8 Å². The van der Waals surface area contributed by atoms with Crippen molar-refractivity contribution in [3.63, 3.8) is 0 Å². The van der Waals surface area contributed by atoms with E-state index in [1.807, 2.05) is 30.3 Å². The minimum absolute atomic E-state index is 0.112. The van der Waals surface area contributed by atoms with Crippen LogP contribution < -0.4 is 5.32 Å². The number of hydrogen-bond acceptors (Lipinski definition) is 1. The first-order chi connectivity index (χ1) is 10.7. The van der Waals surface area contributed by atoms with E-state index in [1.54, 1.807) is 12.1 Å². The molecule has 0 aliphatic carbocycles. The van der Waals surface area contributed by atoms with Crippen LogP contribution in [0, 0.1) is 5.82 Å². The van der Waals surface area contributed by atoms with Gasteiger partial charge in [0.25, 0.3) is 0 Å². The Morgan fingerprint density at radius 2 is 1.68 bits per heavy atom. The zero-order valence-corrected chi connectivity index (χ0v) is 12.1. The maximum Gasteiger partial charge on any atom is 0.224 e. The van der Waals surface area contributed by atoms with Gasteiger partial charge in [-0.2, -0.15) is 0 Å². The number of benzene rings is 3. The van der Waals surface area contributed by atoms with Crippen LogP contribution in [0.2, 0.25) is 0 Å². The predicted octanol–water partition coefficient (Wildman–Crippen LogP) is 3.84. The van der Waals surface area contributed by atoms with Crippen molar-refractivity contribution in [1.82, 2.24) is 5.32 Å². The van der Waals surface area contributed by atoms with E-state index in [0.29, 0.717) is 12.1 Å². The summed E-state index contributed by atoms with van der Waals surface area (Å²) in [7, 11) is 0. The summed E-state index contributed by atoms with van der Waals surface area (Å²) in [6, 6.07) is 20.3. The maximum atomic E-state index is 13.1. The standard InChI is InChI=1S/C19H16FNO/c20-18-7-3-4-14(11-18)12-19(22)21-13-15-8-9-16-5-1-2-6-17(16)10-15/h1-11H,12-13H2,(H,21,22). The topological polar surface area (TPSA) is 29.1 Å². The van der Waals surface area contributed by atoms with Crippen LogP contribution in [0.15, 0.2) is 66.7 Å². The minimum Gasteiger partial charge on any atom is -0.352 e. The Hall–Kier alpha value is -2.68. The highest BCUT2D eigenvalue weighted by molar-refractivity contribution is 5.83. The smallest absolute Gasteiger partial charge is 0.224 e. The second-order valence-electron chi connectivity index (χ2n) is 5.26. The van der Waals surface area contributed by atoms with Crippen molar-refractivity contribution < 1.29 is 9.18 Å². The Kier molecular flexibility index (Phi) is 4.15. The molecule has 3 heteroatoms. The summed E-state index contributed by atoms with van der Waals surface area (Å²) in [5.74, 6) is -0.432. The van der Waals surface area contributed by atoms with E-state index in [-0.39, 0.29) is 18.1 Å². The highest BCUT2D eigenvalue weighted by Crippen LogP contribution is 2.15. The number of rotatable bonds is 4.